The number of rotatable bonds is 2. The van der Waals surface area contributed by atoms with Crippen LogP contribution in [0.15, 0.2) is 49.7 Å². The highest BCUT2D eigenvalue weighted by atomic mass is 15.0. The fourth-order valence-electron chi connectivity index (χ4n) is 1.59. The molecule has 0 aliphatic heterocycles. The molecule has 2 nitrogen and oxygen atoms in total. The summed E-state index contributed by atoms with van der Waals surface area (Å²) in [6.07, 6.45) is 7.27. The molecule has 18 heavy (non-hydrogen) atoms. The summed E-state index contributed by atoms with van der Waals surface area (Å²) in [6, 6.07) is 6.22. The Bertz CT molecular complexity index is 481. The van der Waals surface area contributed by atoms with Gasteiger partial charge in [0.1, 0.15) is 5.65 Å². The topological polar surface area (TPSA) is 17.3 Å². The smallest absolute Gasteiger partial charge is 0.137 e. The van der Waals surface area contributed by atoms with Crippen molar-refractivity contribution in [3.8, 4) is 0 Å². The van der Waals surface area contributed by atoms with Gasteiger partial charge in [0.05, 0.1) is 5.69 Å². The average molecular weight is 244 g/mol. The molecule has 2 aromatic heterocycles. The van der Waals surface area contributed by atoms with E-state index in [-0.39, 0.29) is 0 Å². The molecule has 0 fully saturated rings. The summed E-state index contributed by atoms with van der Waals surface area (Å²) in [4.78, 5) is 4.42. The quantitative estimate of drug-likeness (QED) is 0.706. The molecule has 2 rings (SSSR count). The second-order valence-corrected chi connectivity index (χ2v) is 3.40. The summed E-state index contributed by atoms with van der Waals surface area (Å²) in [5, 5.41) is 0. The Morgan fingerprint density at radius 3 is 2.56 bits per heavy atom. The van der Waals surface area contributed by atoms with Gasteiger partial charge in [-0.15, -0.1) is 13.2 Å². The van der Waals surface area contributed by atoms with Gasteiger partial charge in [0.15, 0.2) is 0 Å². The lowest BCUT2D eigenvalue weighted by Gasteiger charge is -2.00. The van der Waals surface area contributed by atoms with Gasteiger partial charge in [0, 0.05) is 18.3 Å². The molecule has 0 radical (unpaired) electrons. The third kappa shape index (κ3) is 4.21. The SMILES string of the molecule is C/C=C/Cc1cccc2nc(C)cn12.C=C.CC. The fraction of sp³-hybridized carbons (Fsp3) is 0.312. The van der Waals surface area contributed by atoms with Gasteiger partial charge in [-0.25, -0.2) is 4.98 Å². The van der Waals surface area contributed by atoms with E-state index in [0.29, 0.717) is 0 Å². The number of imidazole rings is 1. The van der Waals surface area contributed by atoms with Crippen molar-refractivity contribution in [2.24, 2.45) is 0 Å². The molecule has 0 spiro atoms. The van der Waals surface area contributed by atoms with Gasteiger partial charge >= 0.3 is 0 Å². The van der Waals surface area contributed by atoms with Crippen LogP contribution in [0.25, 0.3) is 5.65 Å². The molecule has 0 atom stereocenters. The standard InChI is InChI=1S/C12H14N2.C2H6.C2H4/c1-3-4-6-11-7-5-8-12-13-10(2)9-14(11)12;2*1-2/h3-5,7-9H,6H2,1-2H3;1-2H3;1-2H2/b4-3+;;. The van der Waals surface area contributed by atoms with Crippen LogP contribution in [0.1, 0.15) is 32.2 Å². The Kier molecular flexibility index (Phi) is 8.29. The lowest BCUT2D eigenvalue weighted by Crippen LogP contribution is -1.93. The lowest BCUT2D eigenvalue weighted by atomic mass is 10.2. The Balaban J connectivity index is 0.000000659. The van der Waals surface area contributed by atoms with Crippen LogP contribution >= 0.6 is 0 Å². The van der Waals surface area contributed by atoms with Crippen LogP contribution in [-0.4, -0.2) is 9.38 Å². The molecule has 2 aromatic rings. The first-order valence-electron chi connectivity index (χ1n) is 6.36. The molecule has 0 aliphatic rings. The lowest BCUT2D eigenvalue weighted by molar-refractivity contribution is 1.03. The van der Waals surface area contributed by atoms with Crippen molar-refractivity contribution in [2.45, 2.75) is 34.1 Å². The van der Waals surface area contributed by atoms with E-state index < -0.39 is 0 Å². The van der Waals surface area contributed by atoms with Crippen molar-refractivity contribution in [2.75, 3.05) is 0 Å². The second-order valence-electron chi connectivity index (χ2n) is 3.40. The predicted molar refractivity (Wildman–Crippen MR) is 81.0 cm³/mol. The average Bonchev–Trinajstić information content (AvgIpc) is 2.81. The van der Waals surface area contributed by atoms with Crippen molar-refractivity contribution in [3.63, 3.8) is 0 Å². The zero-order chi connectivity index (χ0) is 14.0. The van der Waals surface area contributed by atoms with Gasteiger partial charge in [0.2, 0.25) is 0 Å². The van der Waals surface area contributed by atoms with E-state index in [1.807, 2.05) is 33.8 Å². The highest BCUT2D eigenvalue weighted by molar-refractivity contribution is 5.41. The summed E-state index contributed by atoms with van der Waals surface area (Å²) >= 11 is 0. The molecule has 0 aromatic carbocycles. The number of hydrogen-bond acceptors (Lipinski definition) is 1. The highest BCUT2D eigenvalue weighted by Crippen LogP contribution is 2.09. The van der Waals surface area contributed by atoms with E-state index >= 15 is 0 Å². The molecule has 0 saturated heterocycles. The number of pyridine rings is 1. The van der Waals surface area contributed by atoms with Crippen molar-refractivity contribution in [1.82, 2.24) is 9.38 Å². The van der Waals surface area contributed by atoms with E-state index in [0.717, 1.165) is 17.8 Å². The number of aryl methyl sites for hydroxylation is 1. The van der Waals surface area contributed by atoms with Crippen molar-refractivity contribution >= 4 is 5.65 Å². The maximum atomic E-state index is 4.42. The molecule has 2 heteroatoms. The van der Waals surface area contributed by atoms with Crippen LogP contribution < -0.4 is 0 Å². The van der Waals surface area contributed by atoms with Crippen molar-refractivity contribution in [3.05, 3.63) is 61.1 Å². The molecular formula is C16H24N2. The van der Waals surface area contributed by atoms with E-state index in [4.69, 9.17) is 0 Å². The molecule has 0 bridgehead atoms. The molecular weight excluding hydrogens is 220 g/mol. The van der Waals surface area contributed by atoms with E-state index in [2.05, 4.69) is 53.0 Å². The molecule has 0 unspecified atom stereocenters. The number of fused-ring (bicyclic) bond motifs is 1. The van der Waals surface area contributed by atoms with Gasteiger partial charge in [0.25, 0.3) is 0 Å². The first kappa shape index (κ1) is 16.2. The summed E-state index contributed by atoms with van der Waals surface area (Å²) in [5.74, 6) is 0. The van der Waals surface area contributed by atoms with Gasteiger partial charge in [-0.05, 0) is 26.0 Å². The summed E-state index contributed by atoms with van der Waals surface area (Å²) in [5.41, 5.74) is 3.38. The highest BCUT2D eigenvalue weighted by Gasteiger charge is 2.00. The molecule has 0 saturated carbocycles. The summed E-state index contributed by atoms with van der Waals surface area (Å²) in [7, 11) is 0. The first-order chi connectivity index (χ1) is 8.81. The zero-order valence-corrected chi connectivity index (χ0v) is 12.0. The van der Waals surface area contributed by atoms with Gasteiger partial charge in [-0.3, -0.25) is 0 Å². The Hall–Kier alpha value is -1.83. The summed E-state index contributed by atoms with van der Waals surface area (Å²) < 4.78 is 2.15. The first-order valence-corrected chi connectivity index (χ1v) is 6.36. The zero-order valence-electron chi connectivity index (χ0n) is 12.0. The van der Waals surface area contributed by atoms with Crippen LogP contribution in [0.5, 0.6) is 0 Å². The maximum Gasteiger partial charge on any atom is 0.137 e. The van der Waals surface area contributed by atoms with Gasteiger partial charge < -0.3 is 4.40 Å². The third-order valence-electron chi connectivity index (χ3n) is 2.26. The van der Waals surface area contributed by atoms with E-state index in [1.165, 1.54) is 5.69 Å². The molecule has 0 N–H and O–H groups in total. The van der Waals surface area contributed by atoms with E-state index in [1.54, 1.807) is 0 Å². The van der Waals surface area contributed by atoms with Crippen molar-refractivity contribution < 1.29 is 0 Å². The second kappa shape index (κ2) is 9.23. The fourth-order valence-corrected chi connectivity index (χ4v) is 1.59. The maximum absolute atomic E-state index is 4.42. The van der Waals surface area contributed by atoms with Crippen LogP contribution in [0.4, 0.5) is 0 Å². The number of aromatic nitrogens is 2. The molecule has 2 heterocycles. The van der Waals surface area contributed by atoms with Crippen LogP contribution in [0.2, 0.25) is 0 Å². The minimum Gasteiger partial charge on any atom is -0.304 e. The summed E-state index contributed by atoms with van der Waals surface area (Å²) in [6.45, 7) is 14.1. The minimum absolute atomic E-state index is 0.962. The van der Waals surface area contributed by atoms with E-state index in [9.17, 15) is 0 Å². The molecule has 98 valence electrons. The largest absolute Gasteiger partial charge is 0.304 e. The van der Waals surface area contributed by atoms with Crippen molar-refractivity contribution in [1.29, 1.82) is 0 Å². The van der Waals surface area contributed by atoms with Crippen LogP contribution in [0, 0.1) is 6.92 Å². The number of hydrogen-bond donors (Lipinski definition) is 0. The Morgan fingerprint density at radius 1 is 1.28 bits per heavy atom. The number of allylic oxidation sites excluding steroid dienone is 2. The minimum atomic E-state index is 0.962. The van der Waals surface area contributed by atoms with Crippen LogP contribution in [0.3, 0.4) is 0 Å². The van der Waals surface area contributed by atoms with Gasteiger partial charge in [-0.2, -0.15) is 0 Å². The Morgan fingerprint density at radius 2 is 1.94 bits per heavy atom. The molecule has 0 aliphatic carbocycles. The third-order valence-corrected chi connectivity index (χ3v) is 2.26. The Labute approximate surface area is 111 Å². The number of nitrogens with zero attached hydrogens (tertiary/aromatic N) is 2. The predicted octanol–water partition coefficient (Wildman–Crippen LogP) is 4.59. The monoisotopic (exact) mass is 244 g/mol. The molecule has 0 amide bonds. The normalized spacial score (nSPS) is 9.56. The van der Waals surface area contributed by atoms with Gasteiger partial charge in [-0.1, -0.05) is 32.1 Å². The van der Waals surface area contributed by atoms with Crippen LogP contribution in [-0.2, 0) is 6.42 Å².